The molecule has 32 heavy (non-hydrogen) atoms. The van der Waals surface area contributed by atoms with E-state index in [0.29, 0.717) is 18.0 Å². The summed E-state index contributed by atoms with van der Waals surface area (Å²) in [6, 6.07) is 17.6. The smallest absolute Gasteiger partial charge is 0.291 e. The summed E-state index contributed by atoms with van der Waals surface area (Å²) in [5.41, 5.74) is 1.94. The van der Waals surface area contributed by atoms with Crippen molar-refractivity contribution in [2.75, 3.05) is 35.7 Å². The highest BCUT2D eigenvalue weighted by Crippen LogP contribution is 2.19. The highest BCUT2D eigenvalue weighted by Gasteiger charge is 2.16. The molecule has 1 aromatic heterocycles. The van der Waals surface area contributed by atoms with Crippen molar-refractivity contribution in [1.82, 2.24) is 0 Å². The van der Waals surface area contributed by atoms with Crippen LogP contribution in [0.2, 0.25) is 0 Å². The molecule has 2 amide bonds. The Hall–Kier alpha value is -3.78. The molecule has 4 rings (SSSR count). The van der Waals surface area contributed by atoms with Crippen LogP contribution in [0.25, 0.3) is 0 Å². The summed E-state index contributed by atoms with van der Waals surface area (Å²) in [6.07, 6.45) is 3.73. The Morgan fingerprint density at radius 2 is 1.78 bits per heavy atom. The number of rotatable bonds is 9. The van der Waals surface area contributed by atoms with Crippen molar-refractivity contribution in [3.05, 3.63) is 72.7 Å². The lowest BCUT2D eigenvalue weighted by atomic mass is 10.2. The average Bonchev–Trinajstić information content (AvgIpc) is 3.52. The fraction of sp³-hybridized carbons (Fsp3) is 0.250. The molecule has 8 nitrogen and oxygen atoms in total. The molecule has 2 aromatic carbocycles. The zero-order valence-corrected chi connectivity index (χ0v) is 17.5. The number of benzene rings is 2. The molecule has 1 unspecified atom stereocenters. The van der Waals surface area contributed by atoms with Crippen molar-refractivity contribution in [2.24, 2.45) is 0 Å². The van der Waals surface area contributed by atoms with Gasteiger partial charge in [-0.15, -0.1) is 0 Å². The van der Waals surface area contributed by atoms with Gasteiger partial charge in [-0.25, -0.2) is 0 Å². The van der Waals surface area contributed by atoms with Crippen molar-refractivity contribution in [3.63, 3.8) is 0 Å². The first-order chi connectivity index (χ1) is 15.7. The molecule has 0 radical (unpaired) electrons. The fourth-order valence-electron chi connectivity index (χ4n) is 3.30. The first kappa shape index (κ1) is 21.5. The predicted molar refractivity (Wildman–Crippen MR) is 121 cm³/mol. The van der Waals surface area contributed by atoms with Crippen molar-refractivity contribution in [3.8, 4) is 5.75 Å². The van der Waals surface area contributed by atoms with Crippen molar-refractivity contribution in [1.29, 1.82) is 0 Å². The van der Waals surface area contributed by atoms with Gasteiger partial charge in [0.05, 0.1) is 18.9 Å². The number of amides is 2. The van der Waals surface area contributed by atoms with E-state index >= 15 is 0 Å². The molecule has 3 aromatic rings. The molecule has 166 valence electrons. The van der Waals surface area contributed by atoms with Crippen LogP contribution < -0.4 is 20.7 Å². The van der Waals surface area contributed by atoms with Crippen LogP contribution in [0.15, 0.2) is 71.3 Å². The molecule has 0 bridgehead atoms. The second kappa shape index (κ2) is 10.5. The molecule has 3 N–H and O–H groups in total. The maximum Gasteiger partial charge on any atom is 0.291 e. The van der Waals surface area contributed by atoms with Crippen molar-refractivity contribution in [2.45, 2.75) is 18.9 Å². The van der Waals surface area contributed by atoms with E-state index < -0.39 is 0 Å². The molecule has 0 saturated carbocycles. The van der Waals surface area contributed by atoms with Crippen LogP contribution in [0.1, 0.15) is 23.4 Å². The molecule has 1 saturated heterocycles. The van der Waals surface area contributed by atoms with Gasteiger partial charge in [-0.3, -0.25) is 9.59 Å². The third-order valence-electron chi connectivity index (χ3n) is 4.92. The number of furan rings is 1. The molecule has 2 heterocycles. The lowest BCUT2D eigenvalue weighted by Gasteiger charge is -2.12. The van der Waals surface area contributed by atoms with Gasteiger partial charge in [-0.05, 0) is 67.4 Å². The number of anilines is 3. The van der Waals surface area contributed by atoms with E-state index in [9.17, 15) is 9.59 Å². The van der Waals surface area contributed by atoms with E-state index in [1.54, 1.807) is 36.4 Å². The number of hydrogen-bond donors (Lipinski definition) is 3. The van der Waals surface area contributed by atoms with Gasteiger partial charge >= 0.3 is 0 Å². The van der Waals surface area contributed by atoms with Gasteiger partial charge in [0.25, 0.3) is 5.91 Å². The SMILES string of the molecule is O=C(CNc1ccc(OCC2CCCO2)cc1)Nc1cccc(NC(=O)c2ccco2)c1. The van der Waals surface area contributed by atoms with E-state index in [4.69, 9.17) is 13.9 Å². The summed E-state index contributed by atoms with van der Waals surface area (Å²) in [6.45, 7) is 1.46. The highest BCUT2D eigenvalue weighted by molar-refractivity contribution is 6.02. The molecule has 0 aliphatic carbocycles. The molecular weight excluding hydrogens is 410 g/mol. The predicted octanol–water partition coefficient (Wildman–Crippen LogP) is 4.14. The van der Waals surface area contributed by atoms with E-state index in [2.05, 4.69) is 16.0 Å². The summed E-state index contributed by atoms with van der Waals surface area (Å²) in [5.74, 6) is 0.414. The van der Waals surface area contributed by atoms with Crippen molar-refractivity contribution < 1.29 is 23.5 Å². The van der Waals surface area contributed by atoms with Gasteiger partial charge in [0.2, 0.25) is 5.91 Å². The summed E-state index contributed by atoms with van der Waals surface area (Å²) in [4.78, 5) is 24.4. The lowest BCUT2D eigenvalue weighted by Crippen LogP contribution is -2.22. The largest absolute Gasteiger partial charge is 0.491 e. The van der Waals surface area contributed by atoms with Crippen LogP contribution in [-0.4, -0.2) is 37.7 Å². The summed E-state index contributed by atoms with van der Waals surface area (Å²) in [7, 11) is 0. The van der Waals surface area contributed by atoms with E-state index in [0.717, 1.165) is 30.9 Å². The number of hydrogen-bond acceptors (Lipinski definition) is 6. The Morgan fingerprint density at radius 3 is 2.50 bits per heavy atom. The van der Waals surface area contributed by atoms with Crippen LogP contribution in [-0.2, 0) is 9.53 Å². The number of nitrogens with one attached hydrogen (secondary N) is 3. The topological polar surface area (TPSA) is 102 Å². The molecule has 0 spiro atoms. The van der Waals surface area contributed by atoms with Gasteiger partial charge in [0.15, 0.2) is 5.76 Å². The van der Waals surface area contributed by atoms with Crippen LogP contribution in [0.4, 0.5) is 17.1 Å². The number of carbonyl (C=O) groups excluding carboxylic acids is 2. The minimum absolute atomic E-state index is 0.0963. The van der Waals surface area contributed by atoms with E-state index in [1.165, 1.54) is 6.26 Å². The third kappa shape index (κ3) is 6.12. The van der Waals surface area contributed by atoms with Crippen LogP contribution in [0.3, 0.4) is 0 Å². The standard InChI is InChI=1S/C24H25N3O5/c28-23(15-25-17-8-10-20(11-9-17)32-16-21-6-2-12-30-21)26-18-4-1-5-19(14-18)27-24(29)22-7-3-13-31-22/h1,3-5,7-11,13-14,21,25H,2,6,12,15-16H2,(H,26,28)(H,27,29). The van der Waals surface area contributed by atoms with Crippen LogP contribution >= 0.6 is 0 Å². The van der Waals surface area contributed by atoms with Gasteiger partial charge in [-0.1, -0.05) is 6.07 Å². The van der Waals surface area contributed by atoms with Crippen LogP contribution in [0.5, 0.6) is 5.75 Å². The minimum Gasteiger partial charge on any atom is -0.491 e. The highest BCUT2D eigenvalue weighted by atomic mass is 16.5. The second-order valence-electron chi connectivity index (χ2n) is 7.38. The summed E-state index contributed by atoms with van der Waals surface area (Å²) < 4.78 is 16.4. The Kier molecular flexibility index (Phi) is 7.04. The minimum atomic E-state index is -0.358. The second-order valence-corrected chi connectivity index (χ2v) is 7.38. The maximum absolute atomic E-state index is 12.3. The maximum atomic E-state index is 12.3. The van der Waals surface area contributed by atoms with E-state index in [1.807, 2.05) is 24.3 Å². The molecule has 1 aliphatic rings. The quantitative estimate of drug-likeness (QED) is 0.467. The molecular formula is C24H25N3O5. The summed E-state index contributed by atoms with van der Waals surface area (Å²) in [5, 5.41) is 8.62. The molecule has 8 heteroatoms. The van der Waals surface area contributed by atoms with Crippen molar-refractivity contribution >= 4 is 28.9 Å². The third-order valence-corrected chi connectivity index (χ3v) is 4.92. The Balaban J connectivity index is 1.22. The molecule has 1 aliphatic heterocycles. The zero-order valence-electron chi connectivity index (χ0n) is 17.5. The van der Waals surface area contributed by atoms with Gasteiger partial charge in [0, 0.05) is 23.7 Å². The Morgan fingerprint density at radius 1 is 0.969 bits per heavy atom. The summed E-state index contributed by atoms with van der Waals surface area (Å²) >= 11 is 0. The van der Waals surface area contributed by atoms with E-state index in [-0.39, 0.29) is 30.2 Å². The first-order valence-electron chi connectivity index (χ1n) is 10.5. The molecule has 1 atom stereocenters. The number of ether oxygens (including phenoxy) is 2. The normalized spacial score (nSPS) is 15.2. The average molecular weight is 435 g/mol. The van der Waals surface area contributed by atoms with Gasteiger partial charge in [0.1, 0.15) is 12.4 Å². The lowest BCUT2D eigenvalue weighted by molar-refractivity contribution is -0.114. The monoisotopic (exact) mass is 435 g/mol. The Bertz CT molecular complexity index is 1030. The Labute approximate surface area is 185 Å². The zero-order chi connectivity index (χ0) is 22.2. The van der Waals surface area contributed by atoms with Gasteiger partial charge in [-0.2, -0.15) is 0 Å². The first-order valence-corrected chi connectivity index (χ1v) is 10.5. The number of carbonyl (C=O) groups is 2. The van der Waals surface area contributed by atoms with Crippen LogP contribution in [0, 0.1) is 0 Å². The fourth-order valence-corrected chi connectivity index (χ4v) is 3.30. The van der Waals surface area contributed by atoms with Gasteiger partial charge < -0.3 is 29.8 Å². The molecule has 1 fully saturated rings.